The summed E-state index contributed by atoms with van der Waals surface area (Å²) in [5.74, 6) is -0.252. The number of amides is 1. The number of H-pyrrole nitrogens is 1. The molecule has 2 aromatic rings. The first-order valence-corrected chi connectivity index (χ1v) is 7.80. The maximum Gasteiger partial charge on any atom is 0.303 e. The standard InChI is InChI=1S/C17H21N3O4/c1-24-13-8-6-12(7-9-13)14-11-15(20-19-14)17(23)18-10-4-2-3-5-16(21)22/h6-9,11H,2-5,10H2,1H3,(H,18,23)(H,19,20)(H,21,22). The van der Waals surface area contributed by atoms with Gasteiger partial charge in [0.15, 0.2) is 0 Å². The van der Waals surface area contributed by atoms with Crippen LogP contribution in [0.1, 0.15) is 36.2 Å². The fourth-order valence-corrected chi connectivity index (χ4v) is 2.22. The van der Waals surface area contributed by atoms with Crippen LogP contribution in [-0.4, -0.2) is 40.8 Å². The lowest BCUT2D eigenvalue weighted by Gasteiger charge is -2.02. The molecule has 128 valence electrons. The monoisotopic (exact) mass is 331 g/mol. The highest BCUT2D eigenvalue weighted by Gasteiger charge is 2.10. The van der Waals surface area contributed by atoms with Crippen LogP contribution in [0.3, 0.4) is 0 Å². The average molecular weight is 331 g/mol. The lowest BCUT2D eigenvalue weighted by atomic mass is 10.1. The van der Waals surface area contributed by atoms with Gasteiger partial charge in [0.2, 0.25) is 0 Å². The van der Waals surface area contributed by atoms with Crippen molar-refractivity contribution in [3.63, 3.8) is 0 Å². The Labute approximate surface area is 140 Å². The summed E-state index contributed by atoms with van der Waals surface area (Å²) in [6.07, 6.45) is 2.31. The Morgan fingerprint density at radius 2 is 1.96 bits per heavy atom. The first-order valence-electron chi connectivity index (χ1n) is 7.80. The molecule has 0 saturated carbocycles. The van der Waals surface area contributed by atoms with Gasteiger partial charge in [0, 0.05) is 18.5 Å². The maximum atomic E-state index is 12.0. The van der Waals surface area contributed by atoms with Gasteiger partial charge >= 0.3 is 5.97 Å². The minimum Gasteiger partial charge on any atom is -0.497 e. The molecular formula is C17H21N3O4. The minimum atomic E-state index is -0.789. The van der Waals surface area contributed by atoms with Gasteiger partial charge in [0.05, 0.1) is 12.8 Å². The number of hydrogen-bond acceptors (Lipinski definition) is 4. The summed E-state index contributed by atoms with van der Waals surface area (Å²) in [6, 6.07) is 9.11. The average Bonchev–Trinajstić information content (AvgIpc) is 3.07. The number of nitrogens with one attached hydrogen (secondary N) is 2. The van der Waals surface area contributed by atoms with Crippen molar-refractivity contribution in [1.82, 2.24) is 15.5 Å². The van der Waals surface area contributed by atoms with Gasteiger partial charge in [0.1, 0.15) is 11.4 Å². The van der Waals surface area contributed by atoms with Crippen LogP contribution in [0, 0.1) is 0 Å². The third kappa shape index (κ3) is 5.12. The Hall–Kier alpha value is -2.83. The van der Waals surface area contributed by atoms with Gasteiger partial charge in [-0.3, -0.25) is 14.7 Å². The van der Waals surface area contributed by atoms with Crippen molar-refractivity contribution in [2.75, 3.05) is 13.7 Å². The van der Waals surface area contributed by atoms with E-state index in [1.807, 2.05) is 24.3 Å². The molecular weight excluding hydrogens is 310 g/mol. The number of methoxy groups -OCH3 is 1. The summed E-state index contributed by atoms with van der Waals surface area (Å²) in [6.45, 7) is 0.509. The zero-order valence-electron chi connectivity index (χ0n) is 13.5. The normalized spacial score (nSPS) is 10.4. The second kappa shape index (κ2) is 8.71. The number of carboxylic acids is 1. The van der Waals surface area contributed by atoms with Crippen LogP contribution in [0.5, 0.6) is 5.75 Å². The lowest BCUT2D eigenvalue weighted by Crippen LogP contribution is -2.24. The molecule has 7 heteroatoms. The highest BCUT2D eigenvalue weighted by atomic mass is 16.5. The number of aromatic nitrogens is 2. The molecule has 7 nitrogen and oxygen atoms in total. The van der Waals surface area contributed by atoms with Crippen LogP contribution in [-0.2, 0) is 4.79 Å². The van der Waals surface area contributed by atoms with E-state index < -0.39 is 5.97 Å². The highest BCUT2D eigenvalue weighted by molar-refractivity contribution is 5.93. The van der Waals surface area contributed by atoms with Gasteiger partial charge in [-0.15, -0.1) is 0 Å². The lowest BCUT2D eigenvalue weighted by molar-refractivity contribution is -0.137. The first-order chi connectivity index (χ1) is 11.6. The summed E-state index contributed by atoms with van der Waals surface area (Å²) >= 11 is 0. The summed E-state index contributed by atoms with van der Waals surface area (Å²) in [5, 5.41) is 18.2. The van der Waals surface area contributed by atoms with Gasteiger partial charge in [-0.2, -0.15) is 5.10 Å². The third-order valence-corrected chi connectivity index (χ3v) is 3.56. The number of rotatable bonds is 9. The number of hydrogen-bond donors (Lipinski definition) is 3. The van der Waals surface area contributed by atoms with Crippen molar-refractivity contribution in [2.24, 2.45) is 0 Å². The number of nitrogens with zero attached hydrogens (tertiary/aromatic N) is 1. The predicted octanol–water partition coefficient (Wildman–Crippen LogP) is 2.46. The van der Waals surface area contributed by atoms with Crippen LogP contribution in [0.2, 0.25) is 0 Å². The number of aliphatic carboxylic acids is 1. The number of ether oxygens (including phenoxy) is 1. The number of benzene rings is 1. The molecule has 2 rings (SSSR count). The molecule has 0 spiro atoms. The van der Waals surface area contributed by atoms with E-state index in [1.165, 1.54) is 0 Å². The molecule has 0 aliphatic heterocycles. The number of carbonyl (C=O) groups is 2. The van der Waals surface area contributed by atoms with Gasteiger partial charge in [-0.05, 0) is 43.2 Å². The SMILES string of the molecule is COc1ccc(-c2cc(C(=O)NCCCCCC(=O)O)[nH]n2)cc1. The Morgan fingerprint density at radius 1 is 1.21 bits per heavy atom. The smallest absolute Gasteiger partial charge is 0.303 e. The third-order valence-electron chi connectivity index (χ3n) is 3.56. The van der Waals surface area contributed by atoms with Gasteiger partial charge < -0.3 is 15.2 Å². The molecule has 24 heavy (non-hydrogen) atoms. The number of carboxylic acid groups (broad SMARTS) is 1. The van der Waals surface area contributed by atoms with Gasteiger partial charge in [-0.25, -0.2) is 0 Å². The minimum absolute atomic E-state index is 0.166. The fourth-order valence-electron chi connectivity index (χ4n) is 2.22. The van der Waals surface area contributed by atoms with E-state index in [9.17, 15) is 9.59 Å². The zero-order valence-corrected chi connectivity index (χ0v) is 13.5. The predicted molar refractivity (Wildman–Crippen MR) is 89.0 cm³/mol. The number of unbranched alkanes of at least 4 members (excludes halogenated alkanes) is 2. The summed E-state index contributed by atoms with van der Waals surface area (Å²) < 4.78 is 5.11. The quantitative estimate of drug-likeness (QED) is 0.612. The largest absolute Gasteiger partial charge is 0.497 e. The van der Waals surface area contributed by atoms with E-state index in [4.69, 9.17) is 9.84 Å². The Kier molecular flexibility index (Phi) is 6.36. The summed E-state index contributed by atoms with van der Waals surface area (Å²) in [4.78, 5) is 22.4. The second-order valence-electron chi connectivity index (χ2n) is 5.36. The molecule has 0 bridgehead atoms. The molecule has 0 aliphatic carbocycles. The zero-order chi connectivity index (χ0) is 17.4. The molecule has 0 saturated heterocycles. The fraction of sp³-hybridized carbons (Fsp3) is 0.353. The van der Waals surface area contributed by atoms with E-state index in [-0.39, 0.29) is 12.3 Å². The maximum absolute atomic E-state index is 12.0. The molecule has 0 fully saturated rings. The van der Waals surface area contributed by atoms with Crippen LogP contribution in [0.4, 0.5) is 0 Å². The van der Waals surface area contributed by atoms with E-state index in [2.05, 4.69) is 15.5 Å². The van der Waals surface area contributed by atoms with Gasteiger partial charge in [-0.1, -0.05) is 6.42 Å². The summed E-state index contributed by atoms with van der Waals surface area (Å²) in [5.41, 5.74) is 1.97. The molecule has 0 atom stereocenters. The van der Waals surface area contributed by atoms with E-state index in [0.29, 0.717) is 24.4 Å². The van der Waals surface area contributed by atoms with E-state index in [0.717, 1.165) is 24.2 Å². The molecule has 1 amide bonds. The van der Waals surface area contributed by atoms with Crippen LogP contribution >= 0.6 is 0 Å². The molecule has 1 heterocycles. The van der Waals surface area contributed by atoms with Crippen LogP contribution in [0.15, 0.2) is 30.3 Å². The summed E-state index contributed by atoms with van der Waals surface area (Å²) in [7, 11) is 1.60. The van der Waals surface area contributed by atoms with Crippen molar-refractivity contribution in [3.8, 4) is 17.0 Å². The molecule has 1 aromatic carbocycles. The van der Waals surface area contributed by atoms with Crippen molar-refractivity contribution in [2.45, 2.75) is 25.7 Å². The Morgan fingerprint density at radius 3 is 2.62 bits per heavy atom. The highest BCUT2D eigenvalue weighted by Crippen LogP contribution is 2.21. The van der Waals surface area contributed by atoms with Crippen molar-refractivity contribution < 1.29 is 19.4 Å². The topological polar surface area (TPSA) is 104 Å². The second-order valence-corrected chi connectivity index (χ2v) is 5.36. The first kappa shape index (κ1) is 17.5. The number of carbonyl (C=O) groups excluding carboxylic acids is 1. The van der Waals surface area contributed by atoms with Crippen molar-refractivity contribution in [3.05, 3.63) is 36.0 Å². The Bertz CT molecular complexity index is 679. The van der Waals surface area contributed by atoms with Crippen LogP contribution < -0.4 is 10.1 Å². The van der Waals surface area contributed by atoms with Crippen LogP contribution in [0.25, 0.3) is 11.3 Å². The number of aromatic amines is 1. The molecule has 0 unspecified atom stereocenters. The molecule has 0 radical (unpaired) electrons. The molecule has 0 aliphatic rings. The molecule has 3 N–H and O–H groups in total. The Balaban J connectivity index is 1.81. The van der Waals surface area contributed by atoms with E-state index in [1.54, 1.807) is 13.2 Å². The van der Waals surface area contributed by atoms with E-state index >= 15 is 0 Å². The van der Waals surface area contributed by atoms with Crippen molar-refractivity contribution >= 4 is 11.9 Å². The van der Waals surface area contributed by atoms with Gasteiger partial charge in [0.25, 0.3) is 5.91 Å². The molecule has 1 aromatic heterocycles. The van der Waals surface area contributed by atoms with Crippen molar-refractivity contribution in [1.29, 1.82) is 0 Å².